The fraction of sp³-hybridized carbons (Fsp3) is 0.350. The Balaban J connectivity index is 1.62. The quantitative estimate of drug-likeness (QED) is 0.914. The number of rotatable bonds is 4. The molecule has 1 fully saturated rings. The van der Waals surface area contributed by atoms with Gasteiger partial charge in [-0.2, -0.15) is 0 Å². The number of hydrogen-bond donors (Lipinski definition) is 1. The third-order valence-electron chi connectivity index (χ3n) is 4.92. The van der Waals surface area contributed by atoms with Crippen molar-refractivity contribution in [1.82, 2.24) is 4.90 Å². The van der Waals surface area contributed by atoms with E-state index >= 15 is 0 Å². The molecule has 2 aromatic rings. The molecule has 2 heterocycles. The van der Waals surface area contributed by atoms with Crippen LogP contribution in [0, 0.1) is 0 Å². The minimum atomic E-state index is -0.956. The molecule has 2 aliphatic rings. The number of anilines is 1. The second-order valence-electron chi connectivity index (χ2n) is 6.65. The molecule has 0 spiro atoms. The van der Waals surface area contributed by atoms with Gasteiger partial charge in [-0.1, -0.05) is 30.3 Å². The SMILES string of the molecule is COc1cc2c(cc1OCc1ccccc1)NC[C@@H]1C[C@@H](F)CN1C2=O. The minimum absolute atomic E-state index is 0.121. The summed E-state index contributed by atoms with van der Waals surface area (Å²) in [4.78, 5) is 14.5. The Morgan fingerprint density at radius 2 is 2.04 bits per heavy atom. The zero-order chi connectivity index (χ0) is 18.1. The summed E-state index contributed by atoms with van der Waals surface area (Å²) in [6.07, 6.45) is -0.580. The van der Waals surface area contributed by atoms with E-state index in [9.17, 15) is 9.18 Å². The van der Waals surface area contributed by atoms with Gasteiger partial charge in [0.25, 0.3) is 5.91 Å². The monoisotopic (exact) mass is 356 g/mol. The number of carbonyl (C=O) groups excluding carboxylic acids is 1. The molecule has 5 nitrogen and oxygen atoms in total. The van der Waals surface area contributed by atoms with Crippen molar-refractivity contribution in [3.05, 3.63) is 53.6 Å². The molecular formula is C20H21FN2O3. The van der Waals surface area contributed by atoms with Gasteiger partial charge in [-0.3, -0.25) is 4.79 Å². The van der Waals surface area contributed by atoms with Crippen molar-refractivity contribution < 1.29 is 18.7 Å². The van der Waals surface area contributed by atoms with Crippen LogP contribution in [0.3, 0.4) is 0 Å². The number of halogens is 1. The summed E-state index contributed by atoms with van der Waals surface area (Å²) in [5.41, 5.74) is 2.23. The van der Waals surface area contributed by atoms with Crippen LogP contribution < -0.4 is 14.8 Å². The summed E-state index contributed by atoms with van der Waals surface area (Å²) in [5, 5.41) is 3.27. The highest BCUT2D eigenvalue weighted by Gasteiger charge is 2.38. The van der Waals surface area contributed by atoms with Gasteiger partial charge >= 0.3 is 0 Å². The lowest BCUT2D eigenvalue weighted by atomic mass is 10.1. The van der Waals surface area contributed by atoms with Crippen LogP contribution in [0.4, 0.5) is 10.1 Å². The maximum Gasteiger partial charge on any atom is 0.256 e. The van der Waals surface area contributed by atoms with Crippen LogP contribution in [-0.4, -0.2) is 43.2 Å². The van der Waals surface area contributed by atoms with Gasteiger partial charge in [-0.05, 0) is 11.6 Å². The fourth-order valence-electron chi connectivity index (χ4n) is 3.58. The average molecular weight is 356 g/mol. The number of carbonyl (C=O) groups is 1. The summed E-state index contributed by atoms with van der Waals surface area (Å²) >= 11 is 0. The minimum Gasteiger partial charge on any atom is -0.493 e. The molecular weight excluding hydrogens is 335 g/mol. The van der Waals surface area contributed by atoms with Gasteiger partial charge in [0.1, 0.15) is 12.8 Å². The van der Waals surface area contributed by atoms with Crippen molar-refractivity contribution in [1.29, 1.82) is 0 Å². The summed E-state index contributed by atoms with van der Waals surface area (Å²) in [6, 6.07) is 13.2. The highest BCUT2D eigenvalue weighted by Crippen LogP contribution is 2.37. The molecule has 2 aromatic carbocycles. The van der Waals surface area contributed by atoms with Gasteiger partial charge in [-0.25, -0.2) is 4.39 Å². The number of ether oxygens (including phenoxy) is 2. The van der Waals surface area contributed by atoms with Crippen LogP contribution in [-0.2, 0) is 6.61 Å². The van der Waals surface area contributed by atoms with Crippen LogP contribution in [0.1, 0.15) is 22.3 Å². The Morgan fingerprint density at radius 1 is 1.23 bits per heavy atom. The van der Waals surface area contributed by atoms with Gasteiger partial charge < -0.3 is 19.7 Å². The van der Waals surface area contributed by atoms with Crippen LogP contribution in [0.15, 0.2) is 42.5 Å². The molecule has 136 valence electrons. The highest BCUT2D eigenvalue weighted by atomic mass is 19.1. The first kappa shape index (κ1) is 16.7. The van der Waals surface area contributed by atoms with E-state index in [2.05, 4.69) is 5.32 Å². The number of fused-ring (bicyclic) bond motifs is 2. The lowest BCUT2D eigenvalue weighted by molar-refractivity contribution is 0.0742. The van der Waals surface area contributed by atoms with Crippen molar-refractivity contribution in [3.8, 4) is 11.5 Å². The first-order chi connectivity index (χ1) is 12.7. The predicted octanol–water partition coefficient (Wildman–Crippen LogP) is 3.25. The van der Waals surface area contributed by atoms with Gasteiger partial charge in [0.05, 0.1) is 30.9 Å². The van der Waals surface area contributed by atoms with Crippen LogP contribution in [0.5, 0.6) is 11.5 Å². The van der Waals surface area contributed by atoms with E-state index in [0.717, 1.165) is 5.56 Å². The highest BCUT2D eigenvalue weighted by molar-refractivity contribution is 6.01. The molecule has 0 bridgehead atoms. The largest absolute Gasteiger partial charge is 0.493 e. The molecule has 2 aliphatic heterocycles. The Bertz CT molecular complexity index is 812. The first-order valence-corrected chi connectivity index (χ1v) is 8.73. The third-order valence-corrected chi connectivity index (χ3v) is 4.92. The number of nitrogens with one attached hydrogen (secondary N) is 1. The van der Waals surface area contributed by atoms with Gasteiger partial charge in [-0.15, -0.1) is 0 Å². The van der Waals surface area contributed by atoms with E-state index in [1.807, 2.05) is 30.3 Å². The number of benzene rings is 2. The number of alkyl halides is 1. The molecule has 0 aromatic heterocycles. The Labute approximate surface area is 151 Å². The van der Waals surface area contributed by atoms with Gasteiger partial charge in [0.15, 0.2) is 11.5 Å². The summed E-state index contributed by atoms with van der Waals surface area (Å²) < 4.78 is 25.1. The zero-order valence-electron chi connectivity index (χ0n) is 14.6. The second kappa shape index (κ2) is 6.86. The van der Waals surface area contributed by atoms with E-state index in [0.29, 0.717) is 42.3 Å². The van der Waals surface area contributed by atoms with E-state index in [1.165, 1.54) is 0 Å². The molecule has 4 rings (SSSR count). The summed E-state index contributed by atoms with van der Waals surface area (Å²) in [7, 11) is 1.54. The molecule has 0 radical (unpaired) electrons. The number of amides is 1. The molecule has 6 heteroatoms. The molecule has 26 heavy (non-hydrogen) atoms. The molecule has 2 atom stereocenters. The molecule has 0 saturated carbocycles. The van der Waals surface area contributed by atoms with Crippen molar-refractivity contribution in [2.24, 2.45) is 0 Å². The zero-order valence-corrected chi connectivity index (χ0v) is 14.6. The second-order valence-corrected chi connectivity index (χ2v) is 6.65. The number of nitrogens with zero attached hydrogens (tertiary/aromatic N) is 1. The fourth-order valence-corrected chi connectivity index (χ4v) is 3.58. The topological polar surface area (TPSA) is 50.8 Å². The van der Waals surface area contributed by atoms with Crippen molar-refractivity contribution >= 4 is 11.6 Å². The standard InChI is InChI=1S/C20H21FN2O3/c1-25-18-8-16-17(9-19(18)26-12-13-5-3-2-4-6-13)22-10-15-7-14(21)11-23(15)20(16)24/h2-6,8-9,14-15,22H,7,10-12H2,1H3/t14-,15+/m1/s1. The summed E-state index contributed by atoms with van der Waals surface area (Å²) in [5.74, 6) is 0.896. The van der Waals surface area contributed by atoms with Crippen molar-refractivity contribution in [2.45, 2.75) is 25.2 Å². The lowest BCUT2D eigenvalue weighted by Gasteiger charge is -2.21. The molecule has 0 unspecified atom stereocenters. The Hall–Kier alpha value is -2.76. The Morgan fingerprint density at radius 3 is 2.81 bits per heavy atom. The normalized spacial score (nSPS) is 21.5. The van der Waals surface area contributed by atoms with E-state index < -0.39 is 6.17 Å². The van der Waals surface area contributed by atoms with Crippen molar-refractivity contribution in [2.75, 3.05) is 25.5 Å². The lowest BCUT2D eigenvalue weighted by Crippen LogP contribution is -2.37. The van der Waals surface area contributed by atoms with Crippen molar-refractivity contribution in [3.63, 3.8) is 0 Å². The number of hydrogen-bond acceptors (Lipinski definition) is 4. The Kier molecular flexibility index (Phi) is 4.41. The molecule has 1 saturated heterocycles. The average Bonchev–Trinajstić information content (AvgIpc) is 3.00. The summed E-state index contributed by atoms with van der Waals surface area (Å²) in [6.45, 7) is 1.09. The molecule has 0 aliphatic carbocycles. The molecule has 1 amide bonds. The van der Waals surface area contributed by atoms with Crippen LogP contribution in [0.2, 0.25) is 0 Å². The maximum absolute atomic E-state index is 13.7. The smallest absolute Gasteiger partial charge is 0.256 e. The maximum atomic E-state index is 13.7. The van der Waals surface area contributed by atoms with E-state index in [1.54, 1.807) is 24.1 Å². The van der Waals surface area contributed by atoms with Crippen LogP contribution >= 0.6 is 0 Å². The number of methoxy groups -OCH3 is 1. The first-order valence-electron chi connectivity index (χ1n) is 8.73. The third kappa shape index (κ3) is 3.07. The predicted molar refractivity (Wildman–Crippen MR) is 96.6 cm³/mol. The van der Waals surface area contributed by atoms with Crippen LogP contribution in [0.25, 0.3) is 0 Å². The molecule has 1 N–H and O–H groups in total. The van der Waals surface area contributed by atoms with Gasteiger partial charge in [0, 0.05) is 19.0 Å². The van der Waals surface area contributed by atoms with Gasteiger partial charge in [0.2, 0.25) is 0 Å². The van der Waals surface area contributed by atoms with E-state index in [-0.39, 0.29) is 18.5 Å². The van der Waals surface area contributed by atoms with E-state index in [4.69, 9.17) is 9.47 Å².